The number of aryl methyl sites for hydroxylation is 1. The number of hydrogen-bond donors (Lipinski definition) is 1. The number of amides is 1. The van der Waals surface area contributed by atoms with Gasteiger partial charge >= 0.3 is 5.97 Å². The molecular formula is C40H48N7O4SSi. The van der Waals surface area contributed by atoms with Gasteiger partial charge in [0.15, 0.2) is 0 Å². The Morgan fingerprint density at radius 2 is 1.91 bits per heavy atom. The second-order valence-electron chi connectivity index (χ2n) is 16.0. The third-order valence-corrected chi connectivity index (χ3v) is 13.5. The molecule has 1 amide bonds. The van der Waals surface area contributed by atoms with Crippen LogP contribution in [0.1, 0.15) is 74.7 Å². The number of ether oxygens (including phenoxy) is 2. The molecule has 9 rings (SSSR count). The van der Waals surface area contributed by atoms with E-state index in [4.69, 9.17) is 19.4 Å². The van der Waals surface area contributed by atoms with E-state index in [1.807, 2.05) is 6.20 Å². The quantitative estimate of drug-likeness (QED) is 0.214. The van der Waals surface area contributed by atoms with Crippen LogP contribution in [-0.4, -0.2) is 105 Å². The average Bonchev–Trinajstić information content (AvgIpc) is 3.85. The monoisotopic (exact) mass is 750 g/mol. The lowest BCUT2D eigenvalue weighted by molar-refractivity contribution is -0.155. The number of benzene rings is 1. The molecule has 4 aromatic rings. The van der Waals surface area contributed by atoms with Crippen LogP contribution >= 0.6 is 11.3 Å². The van der Waals surface area contributed by atoms with Gasteiger partial charge in [0.2, 0.25) is 5.91 Å². The van der Waals surface area contributed by atoms with Crippen molar-refractivity contribution >= 4 is 50.0 Å². The van der Waals surface area contributed by atoms with Gasteiger partial charge in [0, 0.05) is 113 Å². The minimum Gasteiger partial charge on any atom is -0.464 e. The Kier molecular flexibility index (Phi) is 9.00. The molecule has 277 valence electrons. The van der Waals surface area contributed by atoms with Gasteiger partial charge in [0.1, 0.15) is 12.1 Å². The number of rotatable bonds is 4. The molecule has 1 saturated carbocycles. The molecule has 0 spiro atoms. The van der Waals surface area contributed by atoms with Gasteiger partial charge in [0.05, 0.1) is 40.6 Å². The van der Waals surface area contributed by atoms with E-state index in [0.29, 0.717) is 25.8 Å². The first-order valence-corrected chi connectivity index (χ1v) is 20.7. The van der Waals surface area contributed by atoms with E-state index in [-0.39, 0.29) is 30.5 Å². The summed E-state index contributed by atoms with van der Waals surface area (Å²) >= 11 is 1.57. The summed E-state index contributed by atoms with van der Waals surface area (Å²) in [6.07, 6.45) is 6.08. The predicted molar refractivity (Wildman–Crippen MR) is 207 cm³/mol. The summed E-state index contributed by atoms with van der Waals surface area (Å²) in [5.41, 5.74) is 10.7. The first kappa shape index (κ1) is 35.1. The van der Waals surface area contributed by atoms with Crippen molar-refractivity contribution in [2.45, 2.75) is 89.1 Å². The number of esters is 1. The van der Waals surface area contributed by atoms with Gasteiger partial charge in [-0.1, -0.05) is 19.9 Å². The van der Waals surface area contributed by atoms with Gasteiger partial charge in [0.25, 0.3) is 0 Å². The third-order valence-electron chi connectivity index (χ3n) is 12.1. The van der Waals surface area contributed by atoms with Crippen molar-refractivity contribution in [1.29, 1.82) is 0 Å². The number of anilines is 1. The Bertz CT molecular complexity index is 2070. The predicted octanol–water partition coefficient (Wildman–Crippen LogP) is 5.49. The Balaban J connectivity index is 1.20. The largest absolute Gasteiger partial charge is 0.464 e. The molecule has 1 aromatic carbocycles. The Labute approximate surface area is 318 Å². The summed E-state index contributed by atoms with van der Waals surface area (Å²) in [4.78, 5) is 42.6. The van der Waals surface area contributed by atoms with Crippen molar-refractivity contribution in [1.82, 2.24) is 29.9 Å². The number of nitrogens with one attached hydrogen (secondary N) is 1. The molecule has 3 aromatic heterocycles. The minimum absolute atomic E-state index is 0.114. The van der Waals surface area contributed by atoms with Crippen LogP contribution in [0.25, 0.3) is 33.4 Å². The number of hydrogen-bond acceptors (Lipinski definition) is 10. The number of thiazole rings is 1. The summed E-state index contributed by atoms with van der Waals surface area (Å²) in [7, 11) is 5.47. The molecule has 2 saturated heterocycles. The number of pyridine rings is 1. The average molecular weight is 751 g/mol. The minimum atomic E-state index is -0.607. The lowest BCUT2D eigenvalue weighted by atomic mass is 9.67. The van der Waals surface area contributed by atoms with E-state index in [1.165, 1.54) is 18.4 Å². The van der Waals surface area contributed by atoms with Crippen LogP contribution in [-0.2, 0) is 32.0 Å². The van der Waals surface area contributed by atoms with Crippen LogP contribution in [0.4, 0.5) is 5.69 Å². The number of piperazine rings is 1. The summed E-state index contributed by atoms with van der Waals surface area (Å²) in [6.45, 7) is 12.2. The van der Waals surface area contributed by atoms with Crippen LogP contribution in [0.5, 0.6) is 0 Å². The molecule has 1 unspecified atom stereocenters. The highest BCUT2D eigenvalue weighted by molar-refractivity contribution is 7.10. The molecule has 4 atom stereocenters. The number of methoxy groups -OCH3 is 1. The standard InChI is InChI=1S/C40H48N7O4SSi/c1-5-46-30-11-8-23-17-26(30)33-34(37(50-4)35-27(36(33)46)18-25(20-41-35)45-15-13-44(14-16-45)24-9-10-24)40(2,3)22-51-39(49)28-7-6-12-47(43-28)38(48)31(53)19-32-42-29(23)21-52-32/h8,11,17-18,20-21,24,28,31,34,37,43H,5-7,9-10,12-16,19,22H2,1-4H3/t28-,31-,34?,37-/m0/s1. The molecule has 3 radical (unpaired) electrons. The molecule has 6 heterocycles. The normalized spacial score (nSPS) is 26.4. The first-order valence-electron chi connectivity index (χ1n) is 19.2. The van der Waals surface area contributed by atoms with Crippen LogP contribution in [0.2, 0.25) is 5.54 Å². The van der Waals surface area contributed by atoms with Crippen LogP contribution in [0.3, 0.4) is 0 Å². The van der Waals surface area contributed by atoms with Gasteiger partial charge in [-0.25, -0.2) is 10.4 Å². The van der Waals surface area contributed by atoms with E-state index in [9.17, 15) is 9.59 Å². The van der Waals surface area contributed by atoms with Crippen molar-refractivity contribution in [3.05, 3.63) is 52.1 Å². The van der Waals surface area contributed by atoms with Gasteiger partial charge in [-0.15, -0.1) is 11.3 Å². The van der Waals surface area contributed by atoms with E-state index in [0.717, 1.165) is 88.6 Å². The van der Waals surface area contributed by atoms with Crippen LogP contribution in [0, 0.1) is 5.41 Å². The number of hydrazine groups is 1. The zero-order valence-corrected chi connectivity index (χ0v) is 32.9. The molecule has 53 heavy (non-hydrogen) atoms. The van der Waals surface area contributed by atoms with Gasteiger partial charge in [-0.05, 0) is 56.4 Å². The fourth-order valence-electron chi connectivity index (χ4n) is 9.22. The molecule has 3 fully saturated rings. The molecule has 11 nitrogen and oxygen atoms in total. The first-order chi connectivity index (χ1) is 25.6. The Morgan fingerprint density at radius 1 is 1.09 bits per heavy atom. The van der Waals surface area contributed by atoms with E-state index in [2.05, 4.69) is 80.5 Å². The van der Waals surface area contributed by atoms with E-state index < -0.39 is 17.0 Å². The molecule has 13 heteroatoms. The number of aromatic nitrogens is 3. The number of carbonyl (C=O) groups excluding carboxylic acids is 2. The van der Waals surface area contributed by atoms with Crippen molar-refractivity contribution in [2.24, 2.45) is 5.41 Å². The molecular weight excluding hydrogens is 703 g/mol. The maximum absolute atomic E-state index is 13.7. The molecule has 2 aliphatic carbocycles. The number of fused-ring (bicyclic) bond motifs is 8. The maximum atomic E-state index is 13.7. The molecule has 5 aliphatic rings. The van der Waals surface area contributed by atoms with Gasteiger partial charge < -0.3 is 18.9 Å². The van der Waals surface area contributed by atoms with Crippen LogP contribution < -0.4 is 10.3 Å². The van der Waals surface area contributed by atoms with Crippen molar-refractivity contribution in [2.75, 3.05) is 51.3 Å². The zero-order chi connectivity index (χ0) is 36.6. The van der Waals surface area contributed by atoms with Crippen molar-refractivity contribution in [3.63, 3.8) is 0 Å². The van der Waals surface area contributed by atoms with Crippen molar-refractivity contribution < 1.29 is 19.1 Å². The fraction of sp³-hybridized carbons (Fsp3) is 0.550. The fourth-order valence-corrected chi connectivity index (χ4v) is 10.6. The zero-order valence-electron chi connectivity index (χ0n) is 31.1. The molecule has 1 N–H and O–H groups in total. The van der Waals surface area contributed by atoms with Crippen LogP contribution in [0.15, 0.2) is 35.8 Å². The van der Waals surface area contributed by atoms with Crippen molar-refractivity contribution in [3.8, 4) is 22.5 Å². The van der Waals surface area contributed by atoms with Gasteiger partial charge in [-0.2, -0.15) is 0 Å². The summed E-state index contributed by atoms with van der Waals surface area (Å²) in [6, 6.07) is 9.18. The summed E-state index contributed by atoms with van der Waals surface area (Å²) in [5.74, 6) is -0.651. The maximum Gasteiger partial charge on any atom is 0.324 e. The lowest BCUT2D eigenvalue weighted by Gasteiger charge is -2.43. The summed E-state index contributed by atoms with van der Waals surface area (Å²) < 4.78 is 15.1. The topological polar surface area (TPSA) is 105 Å². The SMILES string of the molecule is CCn1c2c3c4cc(ccc41)-c1csc(n1)C[C@H]([Si])C(=O)N1CCC[C@H](N1)C(=O)OCC(C)(C)C3[C@H](OC)c1ncc(N3CCN(C4CC4)CC3)cc1-2. The lowest BCUT2D eigenvalue weighted by Crippen LogP contribution is -2.56. The second-order valence-corrected chi connectivity index (χ2v) is 17.7. The highest BCUT2D eigenvalue weighted by Gasteiger charge is 2.48. The Morgan fingerprint density at radius 3 is 2.66 bits per heavy atom. The summed E-state index contributed by atoms with van der Waals surface area (Å²) in [5, 5.41) is 5.68. The van der Waals surface area contributed by atoms with Gasteiger partial charge in [-0.3, -0.25) is 24.5 Å². The second kappa shape index (κ2) is 13.6. The molecule has 3 aliphatic heterocycles. The highest BCUT2D eigenvalue weighted by atomic mass is 32.1. The van der Waals surface area contributed by atoms with E-state index >= 15 is 0 Å². The Hall–Kier alpha value is -3.62. The number of cyclic esters (lactones) is 1. The number of carbonyl (C=O) groups is 2. The third kappa shape index (κ3) is 6.12. The van der Waals surface area contributed by atoms with E-state index in [1.54, 1.807) is 23.5 Å². The smallest absolute Gasteiger partial charge is 0.324 e. The molecule has 6 bridgehead atoms. The number of nitrogens with zero attached hydrogens (tertiary/aromatic N) is 6. The highest BCUT2D eigenvalue weighted by Crippen LogP contribution is 2.57.